The highest BCUT2D eigenvalue weighted by Gasteiger charge is 2.18. The number of fused-ring (bicyclic) bond motifs is 1. The first-order valence-corrected chi connectivity index (χ1v) is 11.4. The fourth-order valence-corrected chi connectivity index (χ4v) is 3.61. The summed E-state index contributed by atoms with van der Waals surface area (Å²) in [5.41, 5.74) is 3.14. The van der Waals surface area contributed by atoms with E-state index in [1.54, 1.807) is 36.6 Å². The number of carbonyl (C=O) groups is 1. The van der Waals surface area contributed by atoms with E-state index in [4.69, 9.17) is 4.52 Å². The second-order valence-electron chi connectivity index (χ2n) is 7.48. The van der Waals surface area contributed by atoms with Crippen molar-refractivity contribution in [2.75, 3.05) is 5.32 Å². The van der Waals surface area contributed by atoms with Crippen LogP contribution in [0.15, 0.2) is 53.3 Å². The third kappa shape index (κ3) is 4.39. The number of aromatic nitrogens is 4. The number of nitrogens with one attached hydrogen (secondary N) is 2. The lowest BCUT2D eigenvalue weighted by Crippen LogP contribution is -2.30. The molecule has 32 heavy (non-hydrogen) atoms. The minimum Gasteiger partial charge on any atom is -0.338 e. The number of amides is 1. The number of imidazole rings is 1. The molecule has 0 aliphatic rings. The molecule has 2 N–H and O–H groups in total. The summed E-state index contributed by atoms with van der Waals surface area (Å²) in [6, 6.07) is 10.9. The van der Waals surface area contributed by atoms with Gasteiger partial charge in [-0.1, -0.05) is 23.4 Å². The molecule has 4 rings (SSSR count). The maximum atomic E-state index is 12.8. The van der Waals surface area contributed by atoms with Crippen molar-refractivity contribution in [2.24, 2.45) is 0 Å². The first-order valence-electron chi connectivity index (χ1n) is 9.90. The van der Waals surface area contributed by atoms with E-state index in [1.807, 2.05) is 31.2 Å². The number of nitrogens with zero attached hydrogens (tertiary/aromatic N) is 4. The number of pyridine rings is 1. The van der Waals surface area contributed by atoms with Gasteiger partial charge in [-0.3, -0.25) is 9.20 Å². The van der Waals surface area contributed by atoms with Crippen LogP contribution in [0.3, 0.4) is 0 Å². The molecule has 0 aliphatic carbocycles. The van der Waals surface area contributed by atoms with Crippen molar-refractivity contribution >= 4 is 27.3 Å². The van der Waals surface area contributed by atoms with Crippen LogP contribution in [-0.2, 0) is 16.6 Å². The number of benzene rings is 1. The van der Waals surface area contributed by atoms with Gasteiger partial charge in [0.15, 0.2) is 0 Å². The van der Waals surface area contributed by atoms with Crippen molar-refractivity contribution in [3.05, 3.63) is 65.9 Å². The molecule has 0 aliphatic heterocycles. The molecule has 0 saturated carbocycles. The Morgan fingerprint density at radius 3 is 2.81 bits per heavy atom. The van der Waals surface area contributed by atoms with Gasteiger partial charge >= 0.3 is 0 Å². The standard InChI is InChI=1S/C21H22N6O4S/c1-13(2)32(29,30)23-12-19-25-20(26-31-19)15-8-7-14(3)16(10-15)24-21(28)17-11-22-18-6-4-5-9-27(17)18/h4-11,13,23H,12H2,1-3H3,(H,24,28). The minimum atomic E-state index is -3.45. The van der Waals surface area contributed by atoms with Gasteiger partial charge in [0.2, 0.25) is 21.7 Å². The van der Waals surface area contributed by atoms with Crippen LogP contribution in [0.4, 0.5) is 5.69 Å². The monoisotopic (exact) mass is 454 g/mol. The van der Waals surface area contributed by atoms with Crippen molar-refractivity contribution in [2.45, 2.75) is 32.6 Å². The normalized spacial score (nSPS) is 11.9. The molecule has 10 nitrogen and oxygen atoms in total. The van der Waals surface area contributed by atoms with E-state index in [2.05, 4.69) is 25.2 Å². The Morgan fingerprint density at radius 2 is 2.03 bits per heavy atom. The van der Waals surface area contributed by atoms with E-state index < -0.39 is 15.3 Å². The molecule has 0 saturated heterocycles. The molecule has 0 atom stereocenters. The molecule has 0 unspecified atom stereocenters. The molecule has 1 amide bonds. The second kappa shape index (κ2) is 8.52. The van der Waals surface area contributed by atoms with E-state index in [0.29, 0.717) is 22.6 Å². The highest BCUT2D eigenvalue weighted by Crippen LogP contribution is 2.24. The third-order valence-corrected chi connectivity index (χ3v) is 6.69. The summed E-state index contributed by atoms with van der Waals surface area (Å²) in [5, 5.41) is 6.26. The van der Waals surface area contributed by atoms with Crippen LogP contribution in [0.5, 0.6) is 0 Å². The van der Waals surface area contributed by atoms with Crippen molar-refractivity contribution in [3.63, 3.8) is 0 Å². The zero-order chi connectivity index (χ0) is 22.9. The van der Waals surface area contributed by atoms with Gasteiger partial charge in [-0.15, -0.1) is 0 Å². The van der Waals surface area contributed by atoms with Gasteiger partial charge in [0.05, 0.1) is 18.0 Å². The summed E-state index contributed by atoms with van der Waals surface area (Å²) in [6.07, 6.45) is 3.29. The quantitative estimate of drug-likeness (QED) is 0.439. The van der Waals surface area contributed by atoms with E-state index in [0.717, 1.165) is 5.56 Å². The van der Waals surface area contributed by atoms with Crippen LogP contribution in [0, 0.1) is 6.92 Å². The van der Waals surface area contributed by atoms with Crippen LogP contribution < -0.4 is 10.0 Å². The van der Waals surface area contributed by atoms with Crippen LogP contribution in [0.1, 0.15) is 35.8 Å². The number of sulfonamides is 1. The first kappa shape index (κ1) is 21.7. The van der Waals surface area contributed by atoms with Gasteiger partial charge in [-0.25, -0.2) is 18.1 Å². The molecule has 0 radical (unpaired) electrons. The zero-order valence-electron chi connectivity index (χ0n) is 17.7. The van der Waals surface area contributed by atoms with Gasteiger partial charge in [0.25, 0.3) is 5.91 Å². The Hall–Kier alpha value is -3.57. The smallest absolute Gasteiger partial charge is 0.274 e. The average molecular weight is 455 g/mol. The molecular weight excluding hydrogens is 432 g/mol. The van der Waals surface area contributed by atoms with Gasteiger partial charge in [0.1, 0.15) is 11.3 Å². The zero-order valence-corrected chi connectivity index (χ0v) is 18.5. The summed E-state index contributed by atoms with van der Waals surface area (Å²) in [6.45, 7) is 4.93. The van der Waals surface area contributed by atoms with E-state index >= 15 is 0 Å². The number of anilines is 1. The fraction of sp³-hybridized carbons (Fsp3) is 0.238. The first-order chi connectivity index (χ1) is 15.2. The third-order valence-electron chi connectivity index (χ3n) is 4.91. The van der Waals surface area contributed by atoms with Crippen molar-refractivity contribution in [1.29, 1.82) is 0 Å². The van der Waals surface area contributed by atoms with Crippen LogP contribution in [0.25, 0.3) is 17.0 Å². The summed E-state index contributed by atoms with van der Waals surface area (Å²) in [7, 11) is -3.45. The predicted octanol–water partition coefficient (Wildman–Crippen LogP) is 2.77. The van der Waals surface area contributed by atoms with E-state index in [1.165, 1.54) is 6.20 Å². The maximum absolute atomic E-state index is 12.8. The lowest BCUT2D eigenvalue weighted by Gasteiger charge is -2.09. The molecule has 0 bridgehead atoms. The van der Waals surface area contributed by atoms with Crippen LogP contribution in [-0.4, -0.2) is 39.1 Å². The molecule has 3 aromatic heterocycles. The van der Waals surface area contributed by atoms with Crippen molar-refractivity contribution in [3.8, 4) is 11.4 Å². The van der Waals surface area contributed by atoms with Crippen molar-refractivity contribution in [1.82, 2.24) is 24.2 Å². The van der Waals surface area contributed by atoms with Crippen LogP contribution >= 0.6 is 0 Å². The number of hydrogen-bond donors (Lipinski definition) is 2. The molecule has 0 fully saturated rings. The molecular formula is C21H22N6O4S. The van der Waals surface area contributed by atoms with E-state index in [-0.39, 0.29) is 24.2 Å². The maximum Gasteiger partial charge on any atom is 0.274 e. The summed E-state index contributed by atoms with van der Waals surface area (Å²) < 4.78 is 33.1. The summed E-state index contributed by atoms with van der Waals surface area (Å²) in [4.78, 5) is 21.3. The lowest BCUT2D eigenvalue weighted by molar-refractivity contribution is 0.102. The fourth-order valence-electron chi connectivity index (χ4n) is 2.96. The number of rotatable bonds is 7. The number of hydrogen-bond acceptors (Lipinski definition) is 7. The predicted molar refractivity (Wildman–Crippen MR) is 119 cm³/mol. The largest absolute Gasteiger partial charge is 0.338 e. The molecule has 1 aromatic carbocycles. The SMILES string of the molecule is Cc1ccc(-c2noc(CNS(=O)(=O)C(C)C)n2)cc1NC(=O)c1cnc2ccccn12. The second-order valence-corrected chi connectivity index (χ2v) is 9.80. The van der Waals surface area contributed by atoms with Crippen LogP contribution in [0.2, 0.25) is 0 Å². The highest BCUT2D eigenvalue weighted by atomic mass is 32.2. The lowest BCUT2D eigenvalue weighted by atomic mass is 10.1. The molecule has 11 heteroatoms. The van der Waals surface area contributed by atoms with E-state index in [9.17, 15) is 13.2 Å². The van der Waals surface area contributed by atoms with Crippen molar-refractivity contribution < 1.29 is 17.7 Å². The summed E-state index contributed by atoms with van der Waals surface area (Å²) in [5.74, 6) is 0.121. The number of aryl methyl sites for hydroxylation is 1. The van der Waals surface area contributed by atoms with Gasteiger partial charge in [-0.2, -0.15) is 4.98 Å². The highest BCUT2D eigenvalue weighted by molar-refractivity contribution is 7.90. The molecule has 166 valence electrons. The Bertz CT molecular complexity index is 1390. The average Bonchev–Trinajstić information content (AvgIpc) is 3.41. The van der Waals surface area contributed by atoms with Gasteiger partial charge < -0.3 is 9.84 Å². The Balaban J connectivity index is 1.53. The van der Waals surface area contributed by atoms with Gasteiger partial charge in [-0.05, 0) is 44.5 Å². The Morgan fingerprint density at radius 1 is 1.22 bits per heavy atom. The van der Waals surface area contributed by atoms with Gasteiger partial charge in [0, 0.05) is 17.4 Å². The summed E-state index contributed by atoms with van der Waals surface area (Å²) >= 11 is 0. The topological polar surface area (TPSA) is 131 Å². The molecule has 3 heterocycles. The molecule has 0 spiro atoms. The Kier molecular flexibility index (Phi) is 5.76. The minimum absolute atomic E-state index is 0.0999. The Labute approximate surface area is 184 Å². The molecule has 4 aromatic rings. The number of carbonyl (C=O) groups excluding carboxylic acids is 1.